The predicted molar refractivity (Wildman–Crippen MR) is 190 cm³/mol. The molecule has 0 bridgehead atoms. The average molecular weight is 651 g/mol. The van der Waals surface area contributed by atoms with Crippen LogP contribution in [0.1, 0.15) is 101 Å². The minimum atomic E-state index is -0.482. The van der Waals surface area contributed by atoms with Crippen molar-refractivity contribution >= 4 is 24.1 Å². The van der Waals surface area contributed by atoms with Crippen molar-refractivity contribution in [2.24, 2.45) is 17.3 Å². The third-order valence-corrected chi connectivity index (χ3v) is 8.04. The molecule has 0 radical (unpaired) electrons. The number of likely N-dealkylation sites (tertiary alicyclic amines) is 2. The quantitative estimate of drug-likeness (QED) is 0.226. The van der Waals surface area contributed by atoms with Gasteiger partial charge in [0.1, 0.15) is 6.04 Å². The highest BCUT2D eigenvalue weighted by Gasteiger charge is 2.35. The molecule has 2 heterocycles. The van der Waals surface area contributed by atoms with Gasteiger partial charge in [0.2, 0.25) is 24.1 Å². The van der Waals surface area contributed by atoms with Crippen molar-refractivity contribution < 1.29 is 19.2 Å². The standard InChI is InChI=1S/C24H43N5O4.C8H17N.C4H10/c1-17(2)20(28(8)21(31)13-25-16-30)12-18(3)23(33)29-11-9-10-19(29)22(32)26-14-24(4,5)15-27(6)7;1-8(2)9-6-4-3-5-7-9;1-4(2)3/h12,16-17,19-20H,9-11,13-15H2,1-8H3,(H,25,30)(H,26,32);8H,3-7H2,1-2H3;4H,1-3H3/b18-12+;;/t19-,20?;;/m0../s1. The molecule has 0 aliphatic carbocycles. The third-order valence-electron chi connectivity index (χ3n) is 8.04. The summed E-state index contributed by atoms with van der Waals surface area (Å²) < 4.78 is 0. The minimum Gasteiger partial charge on any atom is -0.354 e. The fraction of sp³-hybridized carbons (Fsp3) is 0.833. The molecule has 2 atom stereocenters. The normalized spacial score (nSPS) is 18.1. The molecule has 268 valence electrons. The summed E-state index contributed by atoms with van der Waals surface area (Å²) in [5.41, 5.74) is 0.423. The number of nitrogens with zero attached hydrogens (tertiary/aromatic N) is 4. The molecule has 46 heavy (non-hydrogen) atoms. The molecular formula is C36H70N6O4. The summed E-state index contributed by atoms with van der Waals surface area (Å²) in [6.07, 6.45) is 7.98. The monoisotopic (exact) mass is 651 g/mol. The number of hydrogen-bond acceptors (Lipinski definition) is 6. The van der Waals surface area contributed by atoms with Gasteiger partial charge in [0, 0.05) is 38.3 Å². The van der Waals surface area contributed by atoms with Crippen LogP contribution in [0, 0.1) is 17.3 Å². The van der Waals surface area contributed by atoms with E-state index in [2.05, 4.69) is 68.9 Å². The summed E-state index contributed by atoms with van der Waals surface area (Å²) in [6, 6.07) is -0.0217. The molecule has 2 fully saturated rings. The number of nitrogens with one attached hydrogen (secondary N) is 2. The van der Waals surface area contributed by atoms with E-state index >= 15 is 0 Å². The van der Waals surface area contributed by atoms with Gasteiger partial charge >= 0.3 is 0 Å². The second-order valence-corrected chi connectivity index (χ2v) is 15.3. The number of carbonyl (C=O) groups excluding carboxylic acids is 4. The Morgan fingerprint density at radius 2 is 1.48 bits per heavy atom. The molecule has 2 rings (SSSR count). The zero-order valence-corrected chi connectivity index (χ0v) is 31.7. The van der Waals surface area contributed by atoms with Crippen molar-refractivity contribution in [3.05, 3.63) is 11.6 Å². The maximum atomic E-state index is 13.2. The van der Waals surface area contributed by atoms with Crippen LogP contribution in [0.25, 0.3) is 0 Å². The Bertz CT molecular complexity index is 938. The lowest BCUT2D eigenvalue weighted by Gasteiger charge is -2.31. The van der Waals surface area contributed by atoms with Gasteiger partial charge < -0.3 is 30.2 Å². The van der Waals surface area contributed by atoms with Crippen molar-refractivity contribution in [1.82, 2.24) is 30.2 Å². The van der Waals surface area contributed by atoms with Gasteiger partial charge in [-0.25, -0.2) is 0 Å². The Hall–Kier alpha value is -2.46. The van der Waals surface area contributed by atoms with E-state index in [4.69, 9.17) is 0 Å². The number of carbonyl (C=O) groups is 4. The Kier molecular flexibility index (Phi) is 21.0. The Labute approximate surface area is 282 Å². The van der Waals surface area contributed by atoms with E-state index in [1.807, 2.05) is 27.9 Å². The van der Waals surface area contributed by atoms with Gasteiger partial charge in [0.15, 0.2) is 0 Å². The van der Waals surface area contributed by atoms with Crippen LogP contribution in [-0.2, 0) is 19.2 Å². The van der Waals surface area contributed by atoms with Crippen LogP contribution >= 0.6 is 0 Å². The molecule has 2 saturated heterocycles. The molecular weight excluding hydrogens is 580 g/mol. The predicted octanol–water partition coefficient (Wildman–Crippen LogP) is 4.40. The van der Waals surface area contributed by atoms with E-state index in [1.54, 1.807) is 29.8 Å². The first-order chi connectivity index (χ1) is 21.3. The summed E-state index contributed by atoms with van der Waals surface area (Å²) in [5.74, 6) is 0.358. The molecule has 0 aromatic carbocycles. The first kappa shape index (κ1) is 43.5. The summed E-state index contributed by atoms with van der Waals surface area (Å²) in [4.78, 5) is 56.8. The smallest absolute Gasteiger partial charge is 0.249 e. The number of rotatable bonds is 13. The molecule has 10 heteroatoms. The molecule has 0 saturated carbocycles. The molecule has 2 N–H and O–H groups in total. The summed E-state index contributed by atoms with van der Waals surface area (Å²) in [6.45, 7) is 25.4. The molecule has 2 aliphatic rings. The van der Waals surface area contributed by atoms with Crippen LogP contribution in [0.5, 0.6) is 0 Å². The van der Waals surface area contributed by atoms with Gasteiger partial charge in [-0.2, -0.15) is 0 Å². The lowest BCUT2D eigenvalue weighted by atomic mass is 9.93. The van der Waals surface area contributed by atoms with Crippen LogP contribution in [0.2, 0.25) is 0 Å². The molecule has 10 nitrogen and oxygen atoms in total. The SMILES string of the molecule is C/C(=C\C(C(C)C)N(C)C(=O)CNC=O)C(=O)N1CCC[C@H]1C(=O)NCC(C)(C)CN(C)C.CC(C)C.CC(C)N1CCCCC1. The van der Waals surface area contributed by atoms with Crippen molar-refractivity contribution in [2.45, 2.75) is 119 Å². The van der Waals surface area contributed by atoms with E-state index in [1.165, 1.54) is 32.4 Å². The van der Waals surface area contributed by atoms with Gasteiger partial charge in [-0.1, -0.05) is 61.0 Å². The highest BCUT2D eigenvalue weighted by atomic mass is 16.2. The third kappa shape index (κ3) is 17.5. The van der Waals surface area contributed by atoms with Crippen LogP contribution in [0.3, 0.4) is 0 Å². The highest BCUT2D eigenvalue weighted by molar-refractivity contribution is 5.97. The number of piperidine rings is 1. The first-order valence-corrected chi connectivity index (χ1v) is 17.4. The van der Waals surface area contributed by atoms with Gasteiger partial charge in [-0.15, -0.1) is 0 Å². The zero-order valence-electron chi connectivity index (χ0n) is 31.7. The molecule has 0 aromatic heterocycles. The van der Waals surface area contributed by atoms with Crippen molar-refractivity contribution in [3.63, 3.8) is 0 Å². The average Bonchev–Trinajstić information content (AvgIpc) is 3.46. The first-order valence-electron chi connectivity index (χ1n) is 17.4. The summed E-state index contributed by atoms with van der Waals surface area (Å²) in [7, 11) is 5.67. The Morgan fingerprint density at radius 3 is 1.93 bits per heavy atom. The van der Waals surface area contributed by atoms with Crippen LogP contribution < -0.4 is 10.6 Å². The van der Waals surface area contributed by atoms with E-state index in [9.17, 15) is 19.2 Å². The summed E-state index contributed by atoms with van der Waals surface area (Å²) in [5, 5.41) is 5.42. The number of amides is 4. The summed E-state index contributed by atoms with van der Waals surface area (Å²) >= 11 is 0. The highest BCUT2D eigenvalue weighted by Crippen LogP contribution is 2.22. The van der Waals surface area contributed by atoms with Crippen LogP contribution in [-0.4, -0.2) is 122 Å². The lowest BCUT2D eigenvalue weighted by molar-refractivity contribution is -0.136. The van der Waals surface area contributed by atoms with Gasteiger partial charge in [0.25, 0.3) is 0 Å². The zero-order chi connectivity index (χ0) is 35.6. The fourth-order valence-corrected chi connectivity index (χ4v) is 5.80. The Morgan fingerprint density at radius 1 is 0.913 bits per heavy atom. The second-order valence-electron chi connectivity index (χ2n) is 15.3. The van der Waals surface area contributed by atoms with Gasteiger partial charge in [0.05, 0.1) is 12.6 Å². The molecule has 0 aromatic rings. The van der Waals surface area contributed by atoms with E-state index in [-0.39, 0.29) is 41.6 Å². The van der Waals surface area contributed by atoms with Crippen molar-refractivity contribution in [3.8, 4) is 0 Å². The van der Waals surface area contributed by atoms with E-state index in [0.717, 1.165) is 24.9 Å². The van der Waals surface area contributed by atoms with Crippen LogP contribution in [0.15, 0.2) is 11.6 Å². The number of likely N-dealkylation sites (N-methyl/N-ethyl adjacent to an activating group) is 1. The maximum Gasteiger partial charge on any atom is 0.249 e. The molecule has 1 unspecified atom stereocenters. The molecule has 0 spiro atoms. The molecule has 4 amide bonds. The van der Waals surface area contributed by atoms with E-state index < -0.39 is 6.04 Å². The van der Waals surface area contributed by atoms with Crippen molar-refractivity contribution in [2.75, 3.05) is 60.4 Å². The fourth-order valence-electron chi connectivity index (χ4n) is 5.80. The van der Waals surface area contributed by atoms with Crippen LogP contribution in [0.4, 0.5) is 0 Å². The second kappa shape index (κ2) is 22.2. The Balaban J connectivity index is 0.00000128. The largest absolute Gasteiger partial charge is 0.354 e. The van der Waals surface area contributed by atoms with E-state index in [0.29, 0.717) is 31.5 Å². The molecule has 2 aliphatic heterocycles. The van der Waals surface area contributed by atoms with Gasteiger partial charge in [-0.05, 0) is 90.9 Å². The van der Waals surface area contributed by atoms with Crippen molar-refractivity contribution in [1.29, 1.82) is 0 Å². The lowest BCUT2D eigenvalue weighted by Crippen LogP contribution is -2.49. The topological polar surface area (TPSA) is 105 Å². The minimum absolute atomic E-state index is 0.0644. The van der Waals surface area contributed by atoms with Gasteiger partial charge in [-0.3, -0.25) is 19.2 Å². The number of hydrogen-bond donors (Lipinski definition) is 2. The maximum absolute atomic E-state index is 13.2.